The zero-order valence-corrected chi connectivity index (χ0v) is 10.7. The quantitative estimate of drug-likeness (QED) is 0.794. The Hall–Kier alpha value is -0.470. The summed E-state index contributed by atoms with van der Waals surface area (Å²) in [4.78, 5) is 0. The molecule has 0 saturated heterocycles. The van der Waals surface area contributed by atoms with Crippen molar-refractivity contribution >= 4 is 11.8 Å². The van der Waals surface area contributed by atoms with Gasteiger partial charge in [0.1, 0.15) is 0 Å². The van der Waals surface area contributed by atoms with Crippen molar-refractivity contribution in [3.8, 4) is 0 Å². The molecular formula is C13H21NS. The third-order valence-corrected chi connectivity index (χ3v) is 3.89. The van der Waals surface area contributed by atoms with E-state index in [9.17, 15) is 0 Å². The molecule has 2 heteroatoms. The van der Waals surface area contributed by atoms with Crippen molar-refractivity contribution in [2.24, 2.45) is 5.92 Å². The van der Waals surface area contributed by atoms with Gasteiger partial charge in [-0.05, 0) is 24.3 Å². The first-order valence-electron chi connectivity index (χ1n) is 5.55. The minimum Gasteiger partial charge on any atom is -0.318 e. The molecule has 1 atom stereocenters. The van der Waals surface area contributed by atoms with Gasteiger partial charge in [-0.3, -0.25) is 0 Å². The molecule has 1 aromatic carbocycles. The van der Waals surface area contributed by atoms with Gasteiger partial charge in [-0.1, -0.05) is 44.2 Å². The van der Waals surface area contributed by atoms with E-state index >= 15 is 0 Å². The van der Waals surface area contributed by atoms with Crippen molar-refractivity contribution in [1.29, 1.82) is 0 Å². The molecule has 1 unspecified atom stereocenters. The molecule has 0 aliphatic heterocycles. The Morgan fingerprint density at radius 2 is 1.87 bits per heavy atom. The Labute approximate surface area is 97.7 Å². The van der Waals surface area contributed by atoms with Crippen LogP contribution in [0.5, 0.6) is 0 Å². The zero-order valence-electron chi connectivity index (χ0n) is 9.86. The highest BCUT2D eigenvalue weighted by molar-refractivity contribution is 7.99. The molecule has 0 aromatic heterocycles. The number of rotatable bonds is 6. The number of thioether (sulfide) groups is 1. The van der Waals surface area contributed by atoms with Crippen LogP contribution in [0.15, 0.2) is 30.3 Å². The predicted molar refractivity (Wildman–Crippen MR) is 70.4 cm³/mol. The fourth-order valence-corrected chi connectivity index (χ4v) is 2.69. The molecule has 1 N–H and O–H groups in total. The number of hydrogen-bond acceptors (Lipinski definition) is 2. The Morgan fingerprint density at radius 1 is 1.20 bits per heavy atom. The maximum absolute atomic E-state index is 3.27. The van der Waals surface area contributed by atoms with E-state index in [1.165, 1.54) is 11.3 Å². The van der Waals surface area contributed by atoms with Crippen molar-refractivity contribution in [3.05, 3.63) is 35.9 Å². The average molecular weight is 223 g/mol. The highest BCUT2D eigenvalue weighted by Gasteiger charge is 2.11. The summed E-state index contributed by atoms with van der Waals surface area (Å²) in [6, 6.07) is 10.7. The van der Waals surface area contributed by atoms with Crippen LogP contribution < -0.4 is 5.32 Å². The van der Waals surface area contributed by atoms with Gasteiger partial charge in [-0.2, -0.15) is 11.8 Å². The standard InChI is InChI=1S/C13H21NS/c1-11(2)10-15-13(9-14-3)12-7-5-4-6-8-12/h4-8,11,13-14H,9-10H2,1-3H3. The molecule has 0 radical (unpaired) electrons. The summed E-state index contributed by atoms with van der Waals surface area (Å²) in [6.45, 7) is 5.59. The molecular weight excluding hydrogens is 202 g/mol. The van der Waals surface area contributed by atoms with Gasteiger partial charge in [0.15, 0.2) is 0 Å². The van der Waals surface area contributed by atoms with Crippen LogP contribution in [0, 0.1) is 5.92 Å². The molecule has 0 heterocycles. The summed E-state index contributed by atoms with van der Waals surface area (Å²) >= 11 is 2.04. The lowest BCUT2D eigenvalue weighted by Crippen LogP contribution is -2.15. The molecule has 1 nitrogen and oxygen atoms in total. The van der Waals surface area contributed by atoms with Crippen molar-refractivity contribution in [2.75, 3.05) is 19.3 Å². The third-order valence-electron chi connectivity index (χ3n) is 2.19. The van der Waals surface area contributed by atoms with E-state index in [2.05, 4.69) is 49.5 Å². The molecule has 0 aliphatic carbocycles. The fraction of sp³-hybridized carbons (Fsp3) is 0.538. The lowest BCUT2D eigenvalue weighted by atomic mass is 10.1. The van der Waals surface area contributed by atoms with Crippen molar-refractivity contribution < 1.29 is 0 Å². The molecule has 0 saturated carbocycles. The molecule has 0 spiro atoms. The SMILES string of the molecule is CNCC(SCC(C)C)c1ccccc1. The molecule has 1 aromatic rings. The van der Waals surface area contributed by atoms with Gasteiger partial charge in [0, 0.05) is 11.8 Å². The first-order chi connectivity index (χ1) is 7.24. The van der Waals surface area contributed by atoms with E-state index in [0.717, 1.165) is 12.5 Å². The van der Waals surface area contributed by atoms with Crippen molar-refractivity contribution in [3.63, 3.8) is 0 Å². The van der Waals surface area contributed by atoms with Crippen LogP contribution in [0.25, 0.3) is 0 Å². The van der Waals surface area contributed by atoms with E-state index in [0.29, 0.717) is 5.25 Å². The lowest BCUT2D eigenvalue weighted by molar-refractivity contribution is 0.736. The second kappa shape index (κ2) is 6.91. The highest BCUT2D eigenvalue weighted by Crippen LogP contribution is 2.29. The van der Waals surface area contributed by atoms with E-state index < -0.39 is 0 Å². The summed E-state index contributed by atoms with van der Waals surface area (Å²) in [6.07, 6.45) is 0. The molecule has 1 rings (SSSR count). The van der Waals surface area contributed by atoms with Gasteiger partial charge in [-0.25, -0.2) is 0 Å². The van der Waals surface area contributed by atoms with Crippen LogP contribution in [-0.2, 0) is 0 Å². The van der Waals surface area contributed by atoms with Crippen LogP contribution in [0.3, 0.4) is 0 Å². The van der Waals surface area contributed by atoms with Crippen LogP contribution in [0.2, 0.25) is 0 Å². The van der Waals surface area contributed by atoms with Gasteiger partial charge in [0.05, 0.1) is 0 Å². The number of nitrogens with one attached hydrogen (secondary N) is 1. The fourth-order valence-electron chi connectivity index (χ4n) is 1.43. The van der Waals surface area contributed by atoms with Gasteiger partial charge >= 0.3 is 0 Å². The molecule has 0 fully saturated rings. The van der Waals surface area contributed by atoms with Gasteiger partial charge in [0.2, 0.25) is 0 Å². The molecule has 84 valence electrons. The van der Waals surface area contributed by atoms with Gasteiger partial charge < -0.3 is 5.32 Å². The Kier molecular flexibility index (Phi) is 5.81. The number of benzene rings is 1. The maximum atomic E-state index is 3.27. The molecule has 0 aliphatic rings. The van der Waals surface area contributed by atoms with Crippen LogP contribution in [-0.4, -0.2) is 19.3 Å². The zero-order chi connectivity index (χ0) is 11.1. The van der Waals surface area contributed by atoms with Gasteiger partial charge in [-0.15, -0.1) is 0 Å². The first-order valence-corrected chi connectivity index (χ1v) is 6.60. The first kappa shape index (κ1) is 12.6. The van der Waals surface area contributed by atoms with Crippen LogP contribution in [0.1, 0.15) is 24.7 Å². The second-order valence-corrected chi connectivity index (χ2v) is 5.42. The van der Waals surface area contributed by atoms with Crippen molar-refractivity contribution in [1.82, 2.24) is 5.32 Å². The molecule has 15 heavy (non-hydrogen) atoms. The lowest BCUT2D eigenvalue weighted by Gasteiger charge is -2.17. The molecule has 0 amide bonds. The normalized spacial score (nSPS) is 13.1. The minimum absolute atomic E-state index is 0.582. The predicted octanol–water partition coefficient (Wildman–Crippen LogP) is 3.34. The summed E-state index contributed by atoms with van der Waals surface area (Å²) in [5.74, 6) is 1.99. The monoisotopic (exact) mass is 223 g/mol. The summed E-state index contributed by atoms with van der Waals surface area (Å²) in [5.41, 5.74) is 1.43. The largest absolute Gasteiger partial charge is 0.318 e. The van der Waals surface area contributed by atoms with E-state index in [1.54, 1.807) is 0 Å². The van der Waals surface area contributed by atoms with E-state index in [-0.39, 0.29) is 0 Å². The van der Waals surface area contributed by atoms with E-state index in [1.807, 2.05) is 18.8 Å². The Morgan fingerprint density at radius 3 is 2.40 bits per heavy atom. The topological polar surface area (TPSA) is 12.0 Å². The Bertz CT molecular complexity index is 258. The van der Waals surface area contributed by atoms with Crippen molar-refractivity contribution in [2.45, 2.75) is 19.1 Å². The maximum Gasteiger partial charge on any atom is 0.0421 e. The minimum atomic E-state index is 0.582. The number of likely N-dealkylation sites (N-methyl/N-ethyl adjacent to an activating group) is 1. The highest BCUT2D eigenvalue weighted by atomic mass is 32.2. The average Bonchev–Trinajstić information content (AvgIpc) is 2.25. The summed E-state index contributed by atoms with van der Waals surface area (Å²) in [5, 5.41) is 3.85. The molecule has 0 bridgehead atoms. The van der Waals surface area contributed by atoms with Crippen LogP contribution in [0.4, 0.5) is 0 Å². The summed E-state index contributed by atoms with van der Waals surface area (Å²) < 4.78 is 0. The van der Waals surface area contributed by atoms with Gasteiger partial charge in [0.25, 0.3) is 0 Å². The third kappa shape index (κ3) is 4.72. The summed E-state index contributed by atoms with van der Waals surface area (Å²) in [7, 11) is 2.02. The van der Waals surface area contributed by atoms with Crippen LogP contribution >= 0.6 is 11.8 Å². The van der Waals surface area contributed by atoms with E-state index in [4.69, 9.17) is 0 Å². The Balaban J connectivity index is 2.57. The smallest absolute Gasteiger partial charge is 0.0421 e. The second-order valence-electron chi connectivity index (χ2n) is 4.18. The number of hydrogen-bond donors (Lipinski definition) is 1.